The highest BCUT2D eigenvalue weighted by Gasteiger charge is 2.18. The second-order valence-corrected chi connectivity index (χ2v) is 3.12. The highest BCUT2D eigenvalue weighted by molar-refractivity contribution is 5.58. The summed E-state index contributed by atoms with van der Waals surface area (Å²) in [4.78, 5) is 18.0. The van der Waals surface area contributed by atoms with Gasteiger partial charge in [-0.05, 0) is 24.4 Å². The quantitative estimate of drug-likeness (QED) is 0.717. The van der Waals surface area contributed by atoms with Gasteiger partial charge in [-0.1, -0.05) is 0 Å². The standard InChI is InChI=1S/C8H10N4O/c13-12-7-4-9-5-10-8(7)11-6-2-1-3-6/h4-6H,1-3H2,(H,9,10,11). The van der Waals surface area contributed by atoms with E-state index in [4.69, 9.17) is 0 Å². The number of anilines is 1. The van der Waals surface area contributed by atoms with E-state index in [9.17, 15) is 4.91 Å². The van der Waals surface area contributed by atoms with Crippen LogP contribution in [0.25, 0.3) is 0 Å². The number of hydrogen-bond acceptors (Lipinski definition) is 5. The van der Waals surface area contributed by atoms with Crippen LogP contribution in [-0.2, 0) is 0 Å². The topological polar surface area (TPSA) is 67.2 Å². The molecule has 1 heterocycles. The van der Waals surface area contributed by atoms with Gasteiger partial charge < -0.3 is 5.32 Å². The van der Waals surface area contributed by atoms with Gasteiger partial charge in [0.25, 0.3) is 0 Å². The molecule has 0 atom stereocenters. The van der Waals surface area contributed by atoms with Crippen molar-refractivity contribution in [2.24, 2.45) is 5.18 Å². The molecule has 0 unspecified atom stereocenters. The van der Waals surface area contributed by atoms with Gasteiger partial charge in [0.05, 0.1) is 6.20 Å². The highest BCUT2D eigenvalue weighted by Crippen LogP contribution is 2.26. The van der Waals surface area contributed by atoms with E-state index in [0.29, 0.717) is 11.9 Å². The van der Waals surface area contributed by atoms with Crippen LogP contribution in [0, 0.1) is 4.91 Å². The van der Waals surface area contributed by atoms with Crippen LogP contribution < -0.4 is 5.32 Å². The summed E-state index contributed by atoms with van der Waals surface area (Å²) < 4.78 is 0. The third-order valence-electron chi connectivity index (χ3n) is 2.24. The largest absolute Gasteiger partial charge is 0.365 e. The molecule has 0 aromatic carbocycles. The molecule has 0 aliphatic heterocycles. The zero-order chi connectivity index (χ0) is 9.10. The molecule has 13 heavy (non-hydrogen) atoms. The molecular formula is C8H10N4O. The summed E-state index contributed by atoms with van der Waals surface area (Å²) in [5.41, 5.74) is 0.286. The van der Waals surface area contributed by atoms with E-state index < -0.39 is 0 Å². The van der Waals surface area contributed by atoms with E-state index in [0.717, 1.165) is 12.8 Å². The van der Waals surface area contributed by atoms with Crippen LogP contribution in [-0.4, -0.2) is 16.0 Å². The maximum Gasteiger partial charge on any atom is 0.168 e. The van der Waals surface area contributed by atoms with Crippen molar-refractivity contribution in [1.82, 2.24) is 9.97 Å². The molecule has 1 aliphatic carbocycles. The summed E-state index contributed by atoms with van der Waals surface area (Å²) in [6, 6.07) is 0.454. The van der Waals surface area contributed by atoms with Crippen molar-refractivity contribution < 1.29 is 0 Å². The first-order valence-electron chi connectivity index (χ1n) is 4.30. The predicted molar refractivity (Wildman–Crippen MR) is 48.7 cm³/mol. The zero-order valence-electron chi connectivity index (χ0n) is 7.10. The monoisotopic (exact) mass is 178 g/mol. The number of nitrogens with zero attached hydrogens (tertiary/aromatic N) is 3. The second kappa shape index (κ2) is 3.47. The zero-order valence-corrected chi connectivity index (χ0v) is 7.10. The molecule has 1 aliphatic rings. The molecule has 1 saturated carbocycles. The number of aromatic nitrogens is 2. The summed E-state index contributed by atoms with van der Waals surface area (Å²) in [5, 5.41) is 6.00. The minimum absolute atomic E-state index is 0.286. The van der Waals surface area contributed by atoms with Crippen LogP contribution in [0.4, 0.5) is 11.5 Å². The van der Waals surface area contributed by atoms with Crippen LogP contribution in [0.5, 0.6) is 0 Å². The van der Waals surface area contributed by atoms with Crippen LogP contribution in [0.1, 0.15) is 19.3 Å². The molecule has 1 fully saturated rings. The highest BCUT2D eigenvalue weighted by atomic mass is 16.3. The van der Waals surface area contributed by atoms with Gasteiger partial charge in [-0.15, -0.1) is 4.91 Å². The summed E-state index contributed by atoms with van der Waals surface area (Å²) >= 11 is 0. The Balaban J connectivity index is 2.12. The van der Waals surface area contributed by atoms with Gasteiger partial charge in [0.15, 0.2) is 11.5 Å². The molecule has 1 aromatic rings. The molecule has 5 nitrogen and oxygen atoms in total. The van der Waals surface area contributed by atoms with E-state index >= 15 is 0 Å². The van der Waals surface area contributed by atoms with Gasteiger partial charge in [-0.25, -0.2) is 9.97 Å². The lowest BCUT2D eigenvalue weighted by Gasteiger charge is -2.26. The summed E-state index contributed by atoms with van der Waals surface area (Å²) in [7, 11) is 0. The Morgan fingerprint density at radius 2 is 2.38 bits per heavy atom. The number of hydrogen-bond donors (Lipinski definition) is 1. The van der Waals surface area contributed by atoms with E-state index in [2.05, 4.69) is 20.5 Å². The molecule has 0 amide bonds. The Morgan fingerprint density at radius 3 is 3.00 bits per heavy atom. The lowest BCUT2D eigenvalue weighted by molar-refractivity contribution is 0.444. The van der Waals surface area contributed by atoms with Crippen molar-refractivity contribution in [3.05, 3.63) is 17.4 Å². The number of rotatable bonds is 3. The molecule has 68 valence electrons. The summed E-state index contributed by atoms with van der Waals surface area (Å²) in [6.07, 6.45) is 6.36. The Labute approximate surface area is 75.6 Å². The van der Waals surface area contributed by atoms with E-state index in [1.165, 1.54) is 18.9 Å². The lowest BCUT2D eigenvalue weighted by atomic mass is 9.93. The van der Waals surface area contributed by atoms with Gasteiger partial charge in [0.1, 0.15) is 6.33 Å². The van der Waals surface area contributed by atoms with Crippen LogP contribution in [0.3, 0.4) is 0 Å². The van der Waals surface area contributed by atoms with Crippen molar-refractivity contribution in [3.63, 3.8) is 0 Å². The Morgan fingerprint density at radius 1 is 1.54 bits per heavy atom. The Bertz CT molecular complexity index is 311. The third kappa shape index (κ3) is 1.63. The fourth-order valence-electron chi connectivity index (χ4n) is 1.25. The third-order valence-corrected chi connectivity index (χ3v) is 2.24. The normalized spacial score (nSPS) is 16.3. The van der Waals surface area contributed by atoms with Gasteiger partial charge in [-0.2, -0.15) is 0 Å². The fraction of sp³-hybridized carbons (Fsp3) is 0.500. The Hall–Kier alpha value is -1.52. The Kier molecular flexibility index (Phi) is 2.16. The molecule has 0 bridgehead atoms. The summed E-state index contributed by atoms with van der Waals surface area (Å²) in [5.74, 6) is 0.551. The van der Waals surface area contributed by atoms with E-state index in [-0.39, 0.29) is 5.69 Å². The van der Waals surface area contributed by atoms with Crippen LogP contribution >= 0.6 is 0 Å². The minimum atomic E-state index is 0.286. The smallest absolute Gasteiger partial charge is 0.168 e. The molecule has 0 spiro atoms. The maximum absolute atomic E-state index is 10.3. The molecular weight excluding hydrogens is 168 g/mol. The van der Waals surface area contributed by atoms with Crippen molar-refractivity contribution in [2.75, 3.05) is 5.32 Å². The molecule has 1 N–H and O–H groups in total. The number of nitroso groups, excluding NO2 is 1. The van der Waals surface area contributed by atoms with Crippen molar-refractivity contribution >= 4 is 11.5 Å². The van der Waals surface area contributed by atoms with Gasteiger partial charge >= 0.3 is 0 Å². The first kappa shape index (κ1) is 8.10. The van der Waals surface area contributed by atoms with Gasteiger partial charge in [-0.3, -0.25) is 0 Å². The SMILES string of the molecule is O=Nc1cncnc1NC1CCC1. The minimum Gasteiger partial charge on any atom is -0.365 e. The molecule has 0 saturated heterocycles. The molecule has 2 rings (SSSR count). The maximum atomic E-state index is 10.3. The van der Waals surface area contributed by atoms with Crippen LogP contribution in [0.2, 0.25) is 0 Å². The predicted octanol–water partition coefficient (Wildman–Crippen LogP) is 1.84. The molecule has 1 aromatic heterocycles. The second-order valence-electron chi connectivity index (χ2n) is 3.12. The van der Waals surface area contributed by atoms with Crippen molar-refractivity contribution in [3.8, 4) is 0 Å². The van der Waals surface area contributed by atoms with E-state index in [1.807, 2.05) is 0 Å². The number of nitrogens with one attached hydrogen (secondary N) is 1. The van der Waals surface area contributed by atoms with E-state index in [1.54, 1.807) is 0 Å². The van der Waals surface area contributed by atoms with Crippen molar-refractivity contribution in [1.29, 1.82) is 0 Å². The van der Waals surface area contributed by atoms with Gasteiger partial charge in [0, 0.05) is 6.04 Å². The lowest BCUT2D eigenvalue weighted by Crippen LogP contribution is -2.27. The average molecular weight is 178 g/mol. The van der Waals surface area contributed by atoms with Crippen molar-refractivity contribution in [2.45, 2.75) is 25.3 Å². The molecule has 0 radical (unpaired) electrons. The first-order valence-corrected chi connectivity index (χ1v) is 4.30. The average Bonchev–Trinajstić information content (AvgIpc) is 2.12. The molecule has 5 heteroatoms. The van der Waals surface area contributed by atoms with Gasteiger partial charge in [0.2, 0.25) is 0 Å². The van der Waals surface area contributed by atoms with Crippen LogP contribution in [0.15, 0.2) is 17.7 Å². The fourth-order valence-corrected chi connectivity index (χ4v) is 1.25. The first-order chi connectivity index (χ1) is 6.40. The summed E-state index contributed by atoms with van der Waals surface area (Å²) in [6.45, 7) is 0.